The van der Waals surface area contributed by atoms with Crippen molar-refractivity contribution in [2.45, 2.75) is 64.0 Å². The Bertz CT molecular complexity index is 453. The molecular formula is C18H28N2O. The largest absolute Gasteiger partial charge is 0.487 e. The first kappa shape index (κ1) is 14.7. The molecule has 0 bridgehead atoms. The van der Waals surface area contributed by atoms with Crippen molar-refractivity contribution in [3.63, 3.8) is 0 Å². The summed E-state index contributed by atoms with van der Waals surface area (Å²) in [5.41, 5.74) is 2.54. The van der Waals surface area contributed by atoms with Gasteiger partial charge < -0.3 is 15.4 Å². The van der Waals surface area contributed by atoms with Crippen molar-refractivity contribution < 1.29 is 4.74 Å². The lowest BCUT2D eigenvalue weighted by atomic mass is 10.1. The van der Waals surface area contributed by atoms with Crippen LogP contribution in [0.3, 0.4) is 0 Å². The average molecular weight is 288 g/mol. The van der Waals surface area contributed by atoms with Gasteiger partial charge in [0, 0.05) is 6.04 Å². The van der Waals surface area contributed by atoms with Crippen LogP contribution in [0.25, 0.3) is 0 Å². The van der Waals surface area contributed by atoms with E-state index in [0.29, 0.717) is 0 Å². The summed E-state index contributed by atoms with van der Waals surface area (Å²) in [6, 6.07) is 7.30. The molecule has 1 unspecified atom stereocenters. The summed E-state index contributed by atoms with van der Waals surface area (Å²) < 4.78 is 5.82. The molecule has 1 heterocycles. The molecule has 3 heteroatoms. The number of benzene rings is 1. The fourth-order valence-electron chi connectivity index (χ4n) is 3.39. The lowest BCUT2D eigenvalue weighted by molar-refractivity contribution is 0.226. The predicted octanol–water partition coefficient (Wildman–Crippen LogP) is 3.73. The summed E-state index contributed by atoms with van der Waals surface area (Å²) >= 11 is 0. The van der Waals surface area contributed by atoms with Gasteiger partial charge in [0.25, 0.3) is 0 Å². The van der Waals surface area contributed by atoms with Crippen molar-refractivity contribution in [3.8, 4) is 5.75 Å². The third-order valence-electron chi connectivity index (χ3n) is 4.65. The summed E-state index contributed by atoms with van der Waals surface area (Å²) in [7, 11) is 0. The molecule has 3 rings (SSSR count). The van der Waals surface area contributed by atoms with Gasteiger partial charge in [0.2, 0.25) is 0 Å². The summed E-state index contributed by atoms with van der Waals surface area (Å²) in [6.45, 7) is 4.08. The van der Waals surface area contributed by atoms with Crippen LogP contribution in [-0.4, -0.2) is 25.2 Å². The fourth-order valence-corrected chi connectivity index (χ4v) is 3.39. The van der Waals surface area contributed by atoms with Crippen LogP contribution in [0.1, 0.15) is 51.0 Å². The zero-order chi connectivity index (χ0) is 14.5. The molecule has 2 aliphatic rings. The highest BCUT2D eigenvalue weighted by molar-refractivity contribution is 5.59. The highest BCUT2D eigenvalue weighted by atomic mass is 16.5. The van der Waals surface area contributed by atoms with Crippen LogP contribution in [0.5, 0.6) is 5.75 Å². The van der Waals surface area contributed by atoms with E-state index in [9.17, 15) is 0 Å². The van der Waals surface area contributed by atoms with E-state index in [1.807, 2.05) is 0 Å². The smallest absolute Gasteiger partial charge is 0.142 e. The van der Waals surface area contributed by atoms with Gasteiger partial charge in [0.1, 0.15) is 11.9 Å². The summed E-state index contributed by atoms with van der Waals surface area (Å²) in [5, 5.41) is 7.20. The molecule has 1 aliphatic heterocycles. The lowest BCUT2D eigenvalue weighted by Crippen LogP contribution is -2.30. The molecule has 1 fully saturated rings. The zero-order valence-electron chi connectivity index (χ0n) is 13.2. The topological polar surface area (TPSA) is 33.3 Å². The van der Waals surface area contributed by atoms with Gasteiger partial charge in [-0.2, -0.15) is 0 Å². The molecule has 1 saturated carbocycles. The molecule has 1 aromatic rings. The van der Waals surface area contributed by atoms with E-state index < -0.39 is 0 Å². The SMILES string of the molecule is CC1CNc2cc(CCNC3CCCCCC3)ccc2O1. The maximum Gasteiger partial charge on any atom is 0.142 e. The first-order valence-corrected chi connectivity index (χ1v) is 8.58. The number of hydrogen-bond donors (Lipinski definition) is 2. The standard InChI is InChI=1S/C18H28N2O/c1-14-13-20-17-12-15(8-9-18(17)21-14)10-11-19-16-6-4-2-3-5-7-16/h8-9,12,14,16,19-20H,2-7,10-11,13H2,1H3. The van der Waals surface area contributed by atoms with E-state index in [1.54, 1.807) is 0 Å². The van der Waals surface area contributed by atoms with E-state index in [0.717, 1.165) is 37.0 Å². The van der Waals surface area contributed by atoms with Gasteiger partial charge in [0.05, 0.1) is 12.2 Å². The number of ether oxygens (including phenoxy) is 1. The minimum Gasteiger partial charge on any atom is -0.487 e. The Morgan fingerprint density at radius 3 is 2.81 bits per heavy atom. The molecular weight excluding hydrogens is 260 g/mol. The van der Waals surface area contributed by atoms with E-state index in [1.165, 1.54) is 44.1 Å². The molecule has 0 aromatic heterocycles. The zero-order valence-corrected chi connectivity index (χ0v) is 13.2. The van der Waals surface area contributed by atoms with Crippen LogP contribution in [0.4, 0.5) is 5.69 Å². The molecule has 0 spiro atoms. The van der Waals surface area contributed by atoms with Gasteiger partial charge in [-0.3, -0.25) is 0 Å². The normalized spacial score (nSPS) is 22.8. The third kappa shape index (κ3) is 4.13. The van der Waals surface area contributed by atoms with Crippen molar-refractivity contribution in [2.75, 3.05) is 18.4 Å². The third-order valence-corrected chi connectivity index (χ3v) is 4.65. The van der Waals surface area contributed by atoms with Crippen molar-refractivity contribution in [1.29, 1.82) is 0 Å². The van der Waals surface area contributed by atoms with Crippen LogP contribution in [-0.2, 0) is 6.42 Å². The Hall–Kier alpha value is -1.22. The first-order chi connectivity index (χ1) is 10.3. The number of fused-ring (bicyclic) bond motifs is 1. The quantitative estimate of drug-likeness (QED) is 0.828. The lowest BCUT2D eigenvalue weighted by Gasteiger charge is -2.25. The second kappa shape index (κ2) is 7.17. The minimum atomic E-state index is 0.264. The van der Waals surface area contributed by atoms with Crippen LogP contribution in [0.15, 0.2) is 18.2 Å². The van der Waals surface area contributed by atoms with Gasteiger partial charge in [-0.25, -0.2) is 0 Å². The molecule has 0 saturated heterocycles. The van der Waals surface area contributed by atoms with E-state index in [4.69, 9.17) is 4.74 Å². The van der Waals surface area contributed by atoms with E-state index >= 15 is 0 Å². The Labute approximate surface area is 128 Å². The molecule has 21 heavy (non-hydrogen) atoms. The van der Waals surface area contributed by atoms with Crippen LogP contribution in [0.2, 0.25) is 0 Å². The molecule has 2 N–H and O–H groups in total. The monoisotopic (exact) mass is 288 g/mol. The van der Waals surface area contributed by atoms with Crippen LogP contribution < -0.4 is 15.4 Å². The Kier molecular flexibility index (Phi) is 5.02. The first-order valence-electron chi connectivity index (χ1n) is 8.58. The van der Waals surface area contributed by atoms with Crippen molar-refractivity contribution in [3.05, 3.63) is 23.8 Å². The number of hydrogen-bond acceptors (Lipinski definition) is 3. The van der Waals surface area contributed by atoms with E-state index in [2.05, 4.69) is 35.8 Å². The minimum absolute atomic E-state index is 0.264. The Balaban J connectivity index is 1.49. The summed E-state index contributed by atoms with van der Waals surface area (Å²) in [4.78, 5) is 0. The van der Waals surface area contributed by atoms with Gasteiger partial charge in [-0.1, -0.05) is 31.7 Å². The highest BCUT2D eigenvalue weighted by Gasteiger charge is 2.15. The Morgan fingerprint density at radius 2 is 2.00 bits per heavy atom. The number of rotatable bonds is 4. The molecule has 1 atom stereocenters. The van der Waals surface area contributed by atoms with Gasteiger partial charge in [0.15, 0.2) is 0 Å². The maximum atomic E-state index is 5.82. The van der Waals surface area contributed by atoms with Crippen LogP contribution in [0, 0.1) is 0 Å². The molecule has 3 nitrogen and oxygen atoms in total. The number of nitrogens with one attached hydrogen (secondary N) is 2. The Morgan fingerprint density at radius 1 is 1.19 bits per heavy atom. The molecule has 0 amide bonds. The molecule has 116 valence electrons. The van der Waals surface area contributed by atoms with Gasteiger partial charge >= 0.3 is 0 Å². The molecule has 1 aromatic carbocycles. The second-order valence-corrected chi connectivity index (χ2v) is 6.53. The maximum absolute atomic E-state index is 5.82. The van der Waals surface area contributed by atoms with Crippen LogP contribution >= 0.6 is 0 Å². The second-order valence-electron chi connectivity index (χ2n) is 6.53. The molecule has 1 aliphatic carbocycles. The molecule has 0 radical (unpaired) electrons. The van der Waals surface area contributed by atoms with Crippen molar-refractivity contribution >= 4 is 5.69 Å². The van der Waals surface area contributed by atoms with Gasteiger partial charge in [-0.05, 0) is 50.4 Å². The van der Waals surface area contributed by atoms with Gasteiger partial charge in [-0.15, -0.1) is 0 Å². The number of anilines is 1. The highest BCUT2D eigenvalue weighted by Crippen LogP contribution is 2.30. The van der Waals surface area contributed by atoms with Crippen molar-refractivity contribution in [2.24, 2.45) is 0 Å². The predicted molar refractivity (Wildman–Crippen MR) is 88.2 cm³/mol. The average Bonchev–Trinajstić information content (AvgIpc) is 2.76. The summed E-state index contributed by atoms with van der Waals surface area (Å²) in [6.07, 6.45) is 9.72. The summed E-state index contributed by atoms with van der Waals surface area (Å²) in [5.74, 6) is 0.995. The fraction of sp³-hybridized carbons (Fsp3) is 0.667. The van der Waals surface area contributed by atoms with Crippen molar-refractivity contribution in [1.82, 2.24) is 5.32 Å². The van der Waals surface area contributed by atoms with E-state index in [-0.39, 0.29) is 6.10 Å².